The van der Waals surface area contributed by atoms with Crippen molar-refractivity contribution in [1.29, 1.82) is 0 Å². The van der Waals surface area contributed by atoms with Crippen LogP contribution in [0.25, 0.3) is 0 Å². The molecule has 0 spiro atoms. The van der Waals surface area contributed by atoms with Gasteiger partial charge in [-0.15, -0.1) is 0 Å². The average molecular weight is 669 g/mol. The normalized spacial score (nSPS) is 11.7. The summed E-state index contributed by atoms with van der Waals surface area (Å²) in [5.41, 5.74) is 0.541. The van der Waals surface area contributed by atoms with E-state index >= 15 is 0 Å². The minimum absolute atomic E-state index is 0.0325. The van der Waals surface area contributed by atoms with Gasteiger partial charge in [0.25, 0.3) is 10.0 Å². The minimum atomic E-state index is -4.47. The molecule has 0 unspecified atom stereocenters. The largest absolute Gasteiger partial charge is 0.497 e. The first kappa shape index (κ1) is 34.6. The van der Waals surface area contributed by atoms with Crippen molar-refractivity contribution in [3.63, 3.8) is 0 Å². The summed E-state index contributed by atoms with van der Waals surface area (Å²) < 4.78 is 51.0. The lowest BCUT2D eigenvalue weighted by atomic mass is 10.1. The first-order chi connectivity index (χ1) is 20.9. The molecule has 3 aromatic rings. The van der Waals surface area contributed by atoms with Gasteiger partial charge in [0.05, 0.1) is 39.0 Å². The van der Waals surface area contributed by atoms with Gasteiger partial charge in [-0.25, -0.2) is 8.42 Å². The number of carbonyl (C=O) groups excluding carboxylic acids is 2. The Bertz CT molecular complexity index is 1600. The minimum Gasteiger partial charge on any atom is -0.497 e. The second-order valence-electron chi connectivity index (χ2n) is 9.39. The van der Waals surface area contributed by atoms with Crippen LogP contribution in [0.4, 0.5) is 5.69 Å². The number of sulfonamides is 1. The third-order valence-electron chi connectivity index (χ3n) is 6.75. The van der Waals surface area contributed by atoms with E-state index in [2.05, 4.69) is 5.32 Å². The van der Waals surface area contributed by atoms with Crippen molar-refractivity contribution >= 4 is 50.7 Å². The molecule has 1 N–H and O–H groups in total. The van der Waals surface area contributed by atoms with Crippen LogP contribution in [0, 0.1) is 0 Å². The zero-order chi connectivity index (χ0) is 32.6. The number of nitrogens with zero attached hydrogens (tertiary/aromatic N) is 2. The van der Waals surface area contributed by atoms with Crippen LogP contribution in [0.15, 0.2) is 59.5 Å². The lowest BCUT2D eigenvalue weighted by molar-refractivity contribution is -0.139. The Balaban J connectivity index is 2.19. The van der Waals surface area contributed by atoms with E-state index in [0.717, 1.165) is 4.31 Å². The average Bonchev–Trinajstić information content (AvgIpc) is 3.02. The highest BCUT2D eigenvalue weighted by atomic mass is 35.5. The van der Waals surface area contributed by atoms with E-state index in [9.17, 15) is 18.0 Å². The van der Waals surface area contributed by atoms with Gasteiger partial charge in [-0.2, -0.15) is 0 Å². The second-order valence-corrected chi connectivity index (χ2v) is 12.1. The van der Waals surface area contributed by atoms with Crippen molar-refractivity contribution in [3.05, 3.63) is 70.2 Å². The van der Waals surface area contributed by atoms with Gasteiger partial charge in [-0.1, -0.05) is 29.3 Å². The Morgan fingerprint density at radius 3 is 2.11 bits per heavy atom. The van der Waals surface area contributed by atoms with Gasteiger partial charge in [0.1, 0.15) is 24.1 Å². The third kappa shape index (κ3) is 7.79. The van der Waals surface area contributed by atoms with Gasteiger partial charge in [0.2, 0.25) is 11.8 Å². The Morgan fingerprint density at radius 1 is 0.864 bits per heavy atom. The molecule has 14 heteroatoms. The maximum atomic E-state index is 14.3. The number of halogens is 2. The van der Waals surface area contributed by atoms with Crippen LogP contribution in [-0.2, 0) is 26.2 Å². The summed E-state index contributed by atoms with van der Waals surface area (Å²) in [7, 11) is 1.14. The van der Waals surface area contributed by atoms with Crippen molar-refractivity contribution in [2.45, 2.75) is 31.3 Å². The summed E-state index contributed by atoms with van der Waals surface area (Å²) in [6, 6.07) is 12.4. The van der Waals surface area contributed by atoms with Gasteiger partial charge < -0.3 is 29.2 Å². The first-order valence-corrected chi connectivity index (χ1v) is 15.6. The molecule has 0 radical (unpaired) electrons. The maximum absolute atomic E-state index is 14.3. The van der Waals surface area contributed by atoms with Gasteiger partial charge in [0, 0.05) is 35.3 Å². The van der Waals surface area contributed by atoms with Crippen molar-refractivity contribution in [2.24, 2.45) is 0 Å². The van der Waals surface area contributed by atoms with Crippen molar-refractivity contribution in [3.8, 4) is 23.0 Å². The fourth-order valence-corrected chi connectivity index (χ4v) is 6.25. The molecule has 3 rings (SSSR count). The number of amides is 2. The molecular weight excluding hydrogens is 633 g/mol. The lowest BCUT2D eigenvalue weighted by Crippen LogP contribution is -2.51. The molecule has 0 saturated carbocycles. The molecule has 0 aliphatic carbocycles. The van der Waals surface area contributed by atoms with E-state index in [4.69, 9.17) is 42.1 Å². The zero-order valence-corrected chi connectivity index (χ0v) is 27.5. The summed E-state index contributed by atoms with van der Waals surface area (Å²) >= 11 is 12.5. The predicted molar refractivity (Wildman–Crippen MR) is 169 cm³/mol. The highest BCUT2D eigenvalue weighted by Gasteiger charge is 2.34. The van der Waals surface area contributed by atoms with Crippen LogP contribution in [0.2, 0.25) is 10.0 Å². The van der Waals surface area contributed by atoms with E-state index in [0.29, 0.717) is 28.6 Å². The number of likely N-dealkylation sites (N-methyl/N-ethyl adjacent to an activating group) is 1. The molecule has 11 nitrogen and oxygen atoms in total. The molecule has 0 saturated heterocycles. The van der Waals surface area contributed by atoms with Crippen molar-refractivity contribution in [1.82, 2.24) is 10.2 Å². The van der Waals surface area contributed by atoms with Gasteiger partial charge in [-0.3, -0.25) is 13.9 Å². The van der Waals surface area contributed by atoms with Crippen LogP contribution in [0.1, 0.15) is 19.4 Å². The Kier molecular flexibility index (Phi) is 12.0. The molecule has 0 fully saturated rings. The van der Waals surface area contributed by atoms with Crippen LogP contribution < -0.4 is 28.6 Å². The lowest BCUT2D eigenvalue weighted by Gasteiger charge is -2.32. The molecule has 238 valence electrons. The number of hydrogen-bond donors (Lipinski definition) is 1. The monoisotopic (exact) mass is 667 g/mol. The van der Waals surface area contributed by atoms with Gasteiger partial charge >= 0.3 is 0 Å². The molecule has 1 atom stereocenters. The van der Waals surface area contributed by atoms with Gasteiger partial charge in [0.15, 0.2) is 11.5 Å². The first-order valence-electron chi connectivity index (χ1n) is 13.4. The predicted octanol–water partition coefficient (Wildman–Crippen LogP) is 4.78. The Morgan fingerprint density at radius 2 is 1.52 bits per heavy atom. The summed E-state index contributed by atoms with van der Waals surface area (Å²) in [6.07, 6.45) is 0. The number of benzene rings is 3. The van der Waals surface area contributed by atoms with Crippen LogP contribution in [0.3, 0.4) is 0 Å². The topological polar surface area (TPSA) is 124 Å². The number of hydrogen-bond acceptors (Lipinski definition) is 8. The molecule has 0 heterocycles. The van der Waals surface area contributed by atoms with E-state index in [1.54, 1.807) is 32.0 Å². The highest BCUT2D eigenvalue weighted by molar-refractivity contribution is 7.92. The zero-order valence-electron chi connectivity index (χ0n) is 25.2. The molecule has 44 heavy (non-hydrogen) atoms. The van der Waals surface area contributed by atoms with Crippen LogP contribution >= 0.6 is 23.2 Å². The van der Waals surface area contributed by atoms with Crippen LogP contribution in [-0.4, -0.2) is 72.7 Å². The third-order valence-corrected chi connectivity index (χ3v) is 9.09. The fourth-order valence-electron chi connectivity index (χ4n) is 4.35. The van der Waals surface area contributed by atoms with Crippen molar-refractivity contribution < 1.29 is 37.0 Å². The number of carbonyl (C=O) groups is 2. The molecular formula is C30H35Cl2N3O8S. The molecule has 0 aliphatic heterocycles. The Hall–Kier alpha value is -3.87. The number of nitrogens with one attached hydrogen (secondary N) is 1. The number of ether oxygens (including phenoxy) is 4. The molecule has 2 amide bonds. The number of rotatable bonds is 14. The maximum Gasteiger partial charge on any atom is 0.265 e. The SMILES string of the molecule is CCNC(=O)[C@@H](C)N(Cc1ccc(Cl)cc1Cl)C(=O)CN(c1cc(OC)ccc1OC)S(=O)(=O)c1ccc(OC)c(OC)c1. The molecule has 0 aromatic heterocycles. The molecule has 0 aliphatic rings. The standard InChI is InChI=1S/C30H35Cl2N3O8S/c1-7-33-30(37)19(2)34(17-20-8-9-21(31)14-24(20)32)29(36)18-35(25-15-22(40-3)10-12-26(25)41-4)44(38,39)23-11-13-27(42-5)28(16-23)43-6/h8-16,19H,7,17-18H2,1-6H3,(H,33,37)/t19-/m1/s1. The highest BCUT2D eigenvalue weighted by Crippen LogP contribution is 2.38. The van der Waals surface area contributed by atoms with E-state index in [-0.39, 0.29) is 33.6 Å². The van der Waals surface area contributed by atoms with E-state index in [1.807, 2.05) is 0 Å². The van der Waals surface area contributed by atoms with Gasteiger partial charge in [-0.05, 0) is 55.8 Å². The quantitative estimate of drug-likeness (QED) is 0.261. The van der Waals surface area contributed by atoms with E-state index in [1.165, 1.54) is 69.7 Å². The summed E-state index contributed by atoms with van der Waals surface area (Å²) in [6.45, 7) is 2.81. The summed E-state index contributed by atoms with van der Waals surface area (Å²) in [4.78, 5) is 28.2. The Labute approximate surface area is 267 Å². The summed E-state index contributed by atoms with van der Waals surface area (Å²) in [5, 5.41) is 3.38. The second kappa shape index (κ2) is 15.2. The molecule has 3 aromatic carbocycles. The van der Waals surface area contributed by atoms with Crippen molar-refractivity contribution in [2.75, 3.05) is 45.8 Å². The van der Waals surface area contributed by atoms with E-state index < -0.39 is 34.4 Å². The molecule has 0 bridgehead atoms. The summed E-state index contributed by atoms with van der Waals surface area (Å²) in [5.74, 6) is -0.160. The fraction of sp³-hybridized carbons (Fsp3) is 0.333. The van der Waals surface area contributed by atoms with Crippen LogP contribution in [0.5, 0.6) is 23.0 Å². The smallest absolute Gasteiger partial charge is 0.265 e. The number of anilines is 1. The number of methoxy groups -OCH3 is 4.